The molecule has 1 aromatic rings. The van der Waals surface area contributed by atoms with Crippen LogP contribution >= 0.6 is 0 Å². The van der Waals surface area contributed by atoms with Gasteiger partial charge in [-0.3, -0.25) is 9.58 Å². The number of aryl methyl sites for hydroxylation is 1. The van der Waals surface area contributed by atoms with E-state index in [1.807, 2.05) is 6.20 Å². The Kier molecular flexibility index (Phi) is 3.19. The zero-order valence-electron chi connectivity index (χ0n) is 8.95. The van der Waals surface area contributed by atoms with Crippen LogP contribution in [0.3, 0.4) is 0 Å². The summed E-state index contributed by atoms with van der Waals surface area (Å²) in [6.07, 6.45) is 6.03. The molecule has 0 aliphatic carbocycles. The van der Waals surface area contributed by atoms with Crippen molar-refractivity contribution in [3.63, 3.8) is 0 Å². The number of rotatable bonds is 3. The lowest BCUT2D eigenvalue weighted by Gasteiger charge is -2.26. The normalized spacial score (nSPS) is 18.6. The van der Waals surface area contributed by atoms with E-state index in [2.05, 4.69) is 27.7 Å². The molecule has 14 heavy (non-hydrogen) atoms. The third kappa shape index (κ3) is 2.15. The molecule has 0 amide bonds. The van der Waals surface area contributed by atoms with Gasteiger partial charge in [-0.2, -0.15) is 5.10 Å². The fourth-order valence-corrected chi connectivity index (χ4v) is 2.13. The minimum absolute atomic E-state index is 0.982. The highest BCUT2D eigenvalue weighted by molar-refractivity contribution is 5.00. The van der Waals surface area contributed by atoms with Crippen LogP contribution in [0.1, 0.15) is 31.9 Å². The van der Waals surface area contributed by atoms with E-state index < -0.39 is 0 Å². The molecular formula is C11H19N3. The molecule has 1 aliphatic rings. The first-order valence-electron chi connectivity index (χ1n) is 5.63. The van der Waals surface area contributed by atoms with Crippen molar-refractivity contribution in [1.82, 2.24) is 14.7 Å². The van der Waals surface area contributed by atoms with Crippen molar-refractivity contribution >= 4 is 0 Å². The quantitative estimate of drug-likeness (QED) is 0.731. The third-order valence-corrected chi connectivity index (χ3v) is 2.94. The van der Waals surface area contributed by atoms with Crippen molar-refractivity contribution in [2.45, 2.75) is 39.3 Å². The van der Waals surface area contributed by atoms with Gasteiger partial charge >= 0.3 is 0 Å². The second-order valence-electron chi connectivity index (χ2n) is 3.98. The van der Waals surface area contributed by atoms with Gasteiger partial charge in [0.15, 0.2) is 0 Å². The molecule has 0 N–H and O–H groups in total. The van der Waals surface area contributed by atoms with Gasteiger partial charge in [0.05, 0.1) is 5.69 Å². The van der Waals surface area contributed by atoms with Gasteiger partial charge in [-0.1, -0.05) is 6.42 Å². The molecule has 0 bridgehead atoms. The van der Waals surface area contributed by atoms with Crippen LogP contribution in [0.4, 0.5) is 0 Å². The van der Waals surface area contributed by atoms with Crippen LogP contribution in [-0.4, -0.2) is 27.8 Å². The SMILES string of the molecule is CCn1nccc1CN1CCCCC1. The van der Waals surface area contributed by atoms with Crippen LogP contribution < -0.4 is 0 Å². The molecule has 3 heteroatoms. The Morgan fingerprint density at radius 3 is 2.79 bits per heavy atom. The lowest BCUT2D eigenvalue weighted by molar-refractivity contribution is 0.215. The van der Waals surface area contributed by atoms with Crippen molar-refractivity contribution in [3.05, 3.63) is 18.0 Å². The van der Waals surface area contributed by atoms with Gasteiger partial charge in [-0.15, -0.1) is 0 Å². The number of aromatic nitrogens is 2. The standard InChI is InChI=1S/C11H19N3/c1-2-14-11(6-7-12-14)10-13-8-4-3-5-9-13/h6-7H,2-5,8-10H2,1H3. The summed E-state index contributed by atoms with van der Waals surface area (Å²) in [7, 11) is 0. The topological polar surface area (TPSA) is 21.1 Å². The molecule has 3 nitrogen and oxygen atoms in total. The van der Waals surface area contributed by atoms with Gasteiger partial charge in [-0.25, -0.2) is 0 Å². The van der Waals surface area contributed by atoms with E-state index >= 15 is 0 Å². The lowest BCUT2D eigenvalue weighted by atomic mass is 10.1. The van der Waals surface area contributed by atoms with Crippen LogP contribution in [0.5, 0.6) is 0 Å². The number of hydrogen-bond donors (Lipinski definition) is 0. The monoisotopic (exact) mass is 193 g/mol. The predicted octanol–water partition coefficient (Wildman–Crippen LogP) is 1.89. The van der Waals surface area contributed by atoms with E-state index in [-0.39, 0.29) is 0 Å². The molecule has 1 saturated heterocycles. The molecule has 0 spiro atoms. The van der Waals surface area contributed by atoms with Crippen LogP contribution in [-0.2, 0) is 13.1 Å². The summed E-state index contributed by atoms with van der Waals surface area (Å²) in [6.45, 7) is 6.72. The van der Waals surface area contributed by atoms with Gasteiger partial charge in [0.25, 0.3) is 0 Å². The highest BCUT2D eigenvalue weighted by atomic mass is 15.3. The molecule has 1 aromatic heterocycles. The molecule has 2 heterocycles. The fraction of sp³-hybridized carbons (Fsp3) is 0.727. The van der Waals surface area contributed by atoms with Gasteiger partial charge in [0.2, 0.25) is 0 Å². The fourth-order valence-electron chi connectivity index (χ4n) is 2.13. The summed E-state index contributed by atoms with van der Waals surface area (Å²) in [6, 6.07) is 2.14. The first kappa shape index (κ1) is 9.71. The van der Waals surface area contributed by atoms with Crippen molar-refractivity contribution < 1.29 is 0 Å². The molecular weight excluding hydrogens is 174 g/mol. The van der Waals surface area contributed by atoms with E-state index in [1.165, 1.54) is 38.0 Å². The summed E-state index contributed by atoms with van der Waals surface area (Å²) < 4.78 is 2.09. The average Bonchev–Trinajstić information content (AvgIpc) is 2.67. The molecule has 0 radical (unpaired) electrons. The number of nitrogens with zero attached hydrogens (tertiary/aromatic N) is 3. The molecule has 1 aliphatic heterocycles. The van der Waals surface area contributed by atoms with Gasteiger partial charge < -0.3 is 0 Å². The van der Waals surface area contributed by atoms with Crippen molar-refractivity contribution in [2.24, 2.45) is 0 Å². The zero-order chi connectivity index (χ0) is 9.80. The lowest BCUT2D eigenvalue weighted by Crippen LogP contribution is -2.30. The van der Waals surface area contributed by atoms with Crippen LogP contribution in [0.2, 0.25) is 0 Å². The number of likely N-dealkylation sites (tertiary alicyclic amines) is 1. The molecule has 2 rings (SSSR count). The van der Waals surface area contributed by atoms with Crippen LogP contribution in [0.25, 0.3) is 0 Å². The maximum absolute atomic E-state index is 4.29. The summed E-state index contributed by atoms with van der Waals surface area (Å²) in [5, 5.41) is 4.29. The Hall–Kier alpha value is -0.830. The highest BCUT2D eigenvalue weighted by Gasteiger charge is 2.12. The Morgan fingerprint density at radius 2 is 2.07 bits per heavy atom. The highest BCUT2D eigenvalue weighted by Crippen LogP contribution is 2.12. The maximum Gasteiger partial charge on any atom is 0.0524 e. The van der Waals surface area contributed by atoms with Crippen molar-refractivity contribution in [3.8, 4) is 0 Å². The van der Waals surface area contributed by atoms with Gasteiger partial charge in [0, 0.05) is 19.3 Å². The minimum Gasteiger partial charge on any atom is -0.298 e. The summed E-state index contributed by atoms with van der Waals surface area (Å²) in [5.41, 5.74) is 1.36. The van der Waals surface area contributed by atoms with Gasteiger partial charge in [-0.05, 0) is 38.9 Å². The minimum atomic E-state index is 0.982. The molecule has 0 saturated carbocycles. The summed E-state index contributed by atoms with van der Waals surface area (Å²) in [4.78, 5) is 2.53. The Bertz CT molecular complexity index is 274. The first-order valence-corrected chi connectivity index (χ1v) is 5.63. The second-order valence-corrected chi connectivity index (χ2v) is 3.98. The number of hydrogen-bond acceptors (Lipinski definition) is 2. The van der Waals surface area contributed by atoms with Crippen molar-refractivity contribution in [1.29, 1.82) is 0 Å². The Morgan fingerprint density at radius 1 is 1.29 bits per heavy atom. The molecule has 0 atom stereocenters. The Balaban J connectivity index is 1.95. The second kappa shape index (κ2) is 4.60. The predicted molar refractivity (Wildman–Crippen MR) is 57.0 cm³/mol. The number of piperidine rings is 1. The van der Waals surface area contributed by atoms with E-state index in [0.717, 1.165) is 13.1 Å². The van der Waals surface area contributed by atoms with Crippen LogP contribution in [0, 0.1) is 0 Å². The molecule has 78 valence electrons. The van der Waals surface area contributed by atoms with E-state index in [9.17, 15) is 0 Å². The summed E-state index contributed by atoms with van der Waals surface area (Å²) in [5.74, 6) is 0. The zero-order valence-corrected chi connectivity index (χ0v) is 8.95. The van der Waals surface area contributed by atoms with E-state index in [0.29, 0.717) is 0 Å². The third-order valence-electron chi connectivity index (χ3n) is 2.94. The average molecular weight is 193 g/mol. The van der Waals surface area contributed by atoms with E-state index in [4.69, 9.17) is 0 Å². The molecule has 0 aromatic carbocycles. The van der Waals surface area contributed by atoms with Gasteiger partial charge in [0.1, 0.15) is 0 Å². The smallest absolute Gasteiger partial charge is 0.0524 e. The van der Waals surface area contributed by atoms with Crippen LogP contribution in [0.15, 0.2) is 12.3 Å². The maximum atomic E-state index is 4.29. The Labute approximate surface area is 85.7 Å². The van der Waals surface area contributed by atoms with Crippen molar-refractivity contribution in [2.75, 3.05) is 13.1 Å². The largest absolute Gasteiger partial charge is 0.298 e. The molecule has 0 unspecified atom stereocenters. The first-order chi connectivity index (χ1) is 6.90. The van der Waals surface area contributed by atoms with E-state index in [1.54, 1.807) is 0 Å². The molecule has 1 fully saturated rings. The summed E-state index contributed by atoms with van der Waals surface area (Å²) >= 11 is 0.